The first kappa shape index (κ1) is 21.1. The van der Waals surface area contributed by atoms with Gasteiger partial charge in [-0.1, -0.05) is 12.1 Å². The number of hydrogen-bond acceptors (Lipinski definition) is 4. The number of aromatic nitrogens is 3. The van der Waals surface area contributed by atoms with Crippen molar-refractivity contribution in [2.24, 2.45) is 0 Å². The van der Waals surface area contributed by atoms with Gasteiger partial charge in [0.25, 0.3) is 0 Å². The maximum atomic E-state index is 12.9. The van der Waals surface area contributed by atoms with E-state index in [1.165, 1.54) is 12.1 Å². The van der Waals surface area contributed by atoms with E-state index in [4.69, 9.17) is 9.84 Å². The number of halogens is 3. The maximum absolute atomic E-state index is 12.9. The molecule has 1 aliphatic rings. The number of carbonyl (C=O) groups is 1. The SMILES string of the molecule is CC(C)(C)OC(=O)N1CC(C)(n2nc(-c3ccc(C(F)(F)F)cc3)c3cccnc32)C1. The molecule has 0 N–H and O–H groups in total. The van der Waals surface area contributed by atoms with Crippen molar-refractivity contribution in [2.45, 2.75) is 45.0 Å². The minimum absolute atomic E-state index is 0.391. The third-order valence-electron chi connectivity index (χ3n) is 5.15. The van der Waals surface area contributed by atoms with Crippen molar-refractivity contribution in [1.29, 1.82) is 0 Å². The van der Waals surface area contributed by atoms with Crippen molar-refractivity contribution >= 4 is 17.1 Å². The van der Waals surface area contributed by atoms with Crippen LogP contribution >= 0.6 is 0 Å². The first-order chi connectivity index (χ1) is 14.4. The van der Waals surface area contributed by atoms with Gasteiger partial charge in [0.2, 0.25) is 0 Å². The molecule has 2 aromatic heterocycles. The predicted molar refractivity (Wildman–Crippen MR) is 109 cm³/mol. The lowest BCUT2D eigenvalue weighted by molar-refractivity contribution is -0.137. The molecule has 0 unspecified atom stereocenters. The molecule has 9 heteroatoms. The smallest absolute Gasteiger partial charge is 0.416 e. The lowest BCUT2D eigenvalue weighted by Gasteiger charge is -2.47. The number of fused-ring (bicyclic) bond motifs is 1. The van der Waals surface area contributed by atoms with E-state index < -0.39 is 29.0 Å². The molecular formula is C22H23F3N4O2. The Balaban J connectivity index is 1.66. The minimum Gasteiger partial charge on any atom is -0.444 e. The topological polar surface area (TPSA) is 60.2 Å². The molecule has 1 aromatic carbocycles. The molecule has 0 spiro atoms. The number of benzene rings is 1. The van der Waals surface area contributed by atoms with Crippen molar-refractivity contribution in [1.82, 2.24) is 19.7 Å². The number of carbonyl (C=O) groups excluding carboxylic acids is 1. The Bertz CT molecular complexity index is 1120. The normalized spacial score (nSPS) is 16.3. The van der Waals surface area contributed by atoms with Gasteiger partial charge >= 0.3 is 12.3 Å². The molecule has 31 heavy (non-hydrogen) atoms. The Labute approximate surface area is 177 Å². The van der Waals surface area contributed by atoms with Crippen LogP contribution in [0.5, 0.6) is 0 Å². The van der Waals surface area contributed by atoms with Gasteiger partial charge in [0.05, 0.1) is 24.2 Å². The zero-order chi connectivity index (χ0) is 22.6. The van der Waals surface area contributed by atoms with Crippen LogP contribution in [0.2, 0.25) is 0 Å². The maximum Gasteiger partial charge on any atom is 0.416 e. The first-order valence-corrected chi connectivity index (χ1v) is 9.87. The standard InChI is InChI=1S/C22H23F3N4O2/c1-20(2,3)31-19(30)28-12-21(4,13-28)29-18-16(6-5-11-26-18)17(27-29)14-7-9-15(10-8-14)22(23,24)25/h5-11H,12-13H2,1-4H3. The molecule has 1 amide bonds. The first-order valence-electron chi connectivity index (χ1n) is 9.87. The van der Waals surface area contributed by atoms with Gasteiger partial charge in [0.1, 0.15) is 11.3 Å². The monoisotopic (exact) mass is 432 g/mol. The third kappa shape index (κ3) is 3.96. The average Bonchev–Trinajstić information content (AvgIpc) is 3.03. The summed E-state index contributed by atoms with van der Waals surface area (Å²) in [5.41, 5.74) is -0.0712. The molecule has 0 aliphatic carbocycles. The summed E-state index contributed by atoms with van der Waals surface area (Å²) >= 11 is 0. The summed E-state index contributed by atoms with van der Waals surface area (Å²) in [5, 5.41) is 5.44. The number of nitrogens with zero attached hydrogens (tertiary/aromatic N) is 4. The summed E-state index contributed by atoms with van der Waals surface area (Å²) in [6.07, 6.45) is -3.14. The van der Waals surface area contributed by atoms with E-state index in [0.717, 1.165) is 17.5 Å². The van der Waals surface area contributed by atoms with Crippen LogP contribution in [0.4, 0.5) is 18.0 Å². The Morgan fingerprint density at radius 3 is 2.32 bits per heavy atom. The lowest BCUT2D eigenvalue weighted by atomic mass is 9.93. The van der Waals surface area contributed by atoms with Gasteiger partial charge in [-0.2, -0.15) is 18.3 Å². The van der Waals surface area contributed by atoms with Crippen LogP contribution in [-0.2, 0) is 16.5 Å². The summed E-state index contributed by atoms with van der Waals surface area (Å²) in [7, 11) is 0. The number of pyridine rings is 1. The third-order valence-corrected chi connectivity index (χ3v) is 5.15. The van der Waals surface area contributed by atoms with Crippen LogP contribution in [0.15, 0.2) is 42.6 Å². The highest BCUT2D eigenvalue weighted by Gasteiger charge is 2.46. The van der Waals surface area contributed by atoms with Crippen LogP contribution in [0.1, 0.15) is 33.3 Å². The van der Waals surface area contributed by atoms with Crippen LogP contribution < -0.4 is 0 Å². The summed E-state index contributed by atoms with van der Waals surface area (Å²) in [5.74, 6) is 0. The van der Waals surface area contributed by atoms with Crippen LogP contribution in [0.25, 0.3) is 22.3 Å². The van der Waals surface area contributed by atoms with Crippen molar-refractivity contribution in [2.75, 3.05) is 13.1 Å². The van der Waals surface area contributed by atoms with Crippen LogP contribution in [0, 0.1) is 0 Å². The highest BCUT2D eigenvalue weighted by atomic mass is 19.4. The minimum atomic E-state index is -4.40. The van der Waals surface area contributed by atoms with Gasteiger partial charge in [-0.25, -0.2) is 14.5 Å². The molecule has 1 aliphatic heterocycles. The van der Waals surface area contributed by atoms with E-state index in [0.29, 0.717) is 30.0 Å². The number of ether oxygens (including phenoxy) is 1. The molecule has 4 rings (SSSR count). The second-order valence-electron chi connectivity index (χ2n) is 9.04. The van der Waals surface area contributed by atoms with Crippen molar-refractivity contribution < 1.29 is 22.7 Å². The second-order valence-corrected chi connectivity index (χ2v) is 9.04. The highest BCUT2D eigenvalue weighted by molar-refractivity contribution is 5.91. The molecule has 0 atom stereocenters. The summed E-state index contributed by atoms with van der Waals surface area (Å²) < 4.78 is 45.9. The van der Waals surface area contributed by atoms with Crippen LogP contribution in [0.3, 0.4) is 0 Å². The second kappa shape index (κ2) is 6.96. The van der Waals surface area contributed by atoms with Crippen molar-refractivity contribution in [3.8, 4) is 11.3 Å². The molecule has 3 heterocycles. The Morgan fingerprint density at radius 2 is 1.74 bits per heavy atom. The highest BCUT2D eigenvalue weighted by Crippen LogP contribution is 2.36. The summed E-state index contributed by atoms with van der Waals surface area (Å²) in [6, 6.07) is 8.53. The van der Waals surface area contributed by atoms with E-state index in [1.807, 2.05) is 33.8 Å². The van der Waals surface area contributed by atoms with Gasteiger partial charge in [0, 0.05) is 17.1 Å². The molecule has 3 aromatic rings. The fourth-order valence-electron chi connectivity index (χ4n) is 3.72. The van der Waals surface area contributed by atoms with E-state index >= 15 is 0 Å². The zero-order valence-electron chi connectivity index (χ0n) is 17.7. The number of amides is 1. The lowest BCUT2D eigenvalue weighted by Crippen LogP contribution is -2.63. The fourth-order valence-corrected chi connectivity index (χ4v) is 3.72. The van der Waals surface area contributed by atoms with Gasteiger partial charge in [-0.3, -0.25) is 0 Å². The van der Waals surface area contributed by atoms with Gasteiger partial charge in [-0.15, -0.1) is 0 Å². The number of alkyl halides is 3. The molecule has 6 nitrogen and oxygen atoms in total. The van der Waals surface area contributed by atoms with Crippen molar-refractivity contribution in [3.63, 3.8) is 0 Å². The molecule has 0 bridgehead atoms. The molecular weight excluding hydrogens is 409 g/mol. The van der Waals surface area contributed by atoms with Gasteiger partial charge in [0.15, 0.2) is 5.65 Å². The number of likely N-dealkylation sites (tertiary alicyclic amines) is 1. The van der Waals surface area contributed by atoms with E-state index in [-0.39, 0.29) is 0 Å². The van der Waals surface area contributed by atoms with Crippen molar-refractivity contribution in [3.05, 3.63) is 48.2 Å². The van der Waals surface area contributed by atoms with E-state index in [9.17, 15) is 18.0 Å². The summed E-state index contributed by atoms with van der Waals surface area (Å²) in [4.78, 5) is 18.4. The molecule has 0 saturated carbocycles. The number of rotatable bonds is 2. The van der Waals surface area contributed by atoms with E-state index in [1.54, 1.807) is 21.8 Å². The molecule has 1 saturated heterocycles. The largest absolute Gasteiger partial charge is 0.444 e. The number of hydrogen-bond donors (Lipinski definition) is 0. The van der Waals surface area contributed by atoms with Gasteiger partial charge in [-0.05, 0) is 52.0 Å². The Kier molecular flexibility index (Phi) is 4.75. The Morgan fingerprint density at radius 1 is 1.10 bits per heavy atom. The zero-order valence-corrected chi connectivity index (χ0v) is 17.7. The van der Waals surface area contributed by atoms with Crippen LogP contribution in [-0.4, -0.2) is 44.4 Å². The molecule has 0 radical (unpaired) electrons. The molecule has 164 valence electrons. The summed E-state index contributed by atoms with van der Waals surface area (Å²) in [6.45, 7) is 8.18. The Hall–Kier alpha value is -3.10. The van der Waals surface area contributed by atoms with Gasteiger partial charge < -0.3 is 9.64 Å². The molecule has 1 fully saturated rings. The predicted octanol–water partition coefficient (Wildman–Crippen LogP) is 5.08. The van der Waals surface area contributed by atoms with E-state index in [2.05, 4.69) is 4.98 Å². The fraction of sp³-hybridized carbons (Fsp3) is 0.409. The average molecular weight is 432 g/mol. The quantitative estimate of drug-likeness (QED) is 0.567.